The fourth-order valence-corrected chi connectivity index (χ4v) is 3.69. The number of nitro benzene ring substituents is 1. The third-order valence-electron chi connectivity index (χ3n) is 5.15. The topological polar surface area (TPSA) is 191 Å². The largest absolute Gasteiger partial charge is 0.394 e. The smallest absolute Gasteiger partial charge is 0.278 e. The van der Waals surface area contributed by atoms with E-state index in [0.717, 1.165) is 0 Å². The molecule has 0 saturated carbocycles. The van der Waals surface area contributed by atoms with Crippen LogP contribution in [0.4, 0.5) is 23.1 Å². The number of nitrogens with zero attached hydrogens (tertiary/aromatic N) is 4. The van der Waals surface area contributed by atoms with E-state index in [-0.39, 0.29) is 36.4 Å². The number of nitro groups is 1. The van der Waals surface area contributed by atoms with Crippen molar-refractivity contribution in [3.63, 3.8) is 0 Å². The number of nitrogens with two attached hydrogens (primary N) is 1. The first-order chi connectivity index (χ1) is 14.3. The van der Waals surface area contributed by atoms with Gasteiger partial charge in [0.05, 0.1) is 18.2 Å². The second kappa shape index (κ2) is 7.53. The van der Waals surface area contributed by atoms with Crippen molar-refractivity contribution in [2.45, 2.75) is 31.1 Å². The van der Waals surface area contributed by atoms with E-state index in [4.69, 9.17) is 10.5 Å². The Morgan fingerprint density at radius 3 is 2.60 bits per heavy atom. The third kappa shape index (κ3) is 3.33. The Hall–Kier alpha value is -3.26. The molecule has 0 bridgehead atoms. The number of aliphatic hydroxyl groups excluding tert-OH is 3. The highest BCUT2D eigenvalue weighted by atomic mass is 16.6. The van der Waals surface area contributed by atoms with Crippen LogP contribution in [-0.2, 0) is 11.3 Å². The van der Waals surface area contributed by atoms with Gasteiger partial charge in [-0.15, -0.1) is 0 Å². The Balaban J connectivity index is 1.66. The predicted octanol–water partition coefficient (Wildman–Crippen LogP) is -1.52. The van der Waals surface area contributed by atoms with Crippen LogP contribution in [0.1, 0.15) is 5.56 Å². The molecule has 2 aromatic rings. The molecule has 160 valence electrons. The van der Waals surface area contributed by atoms with Gasteiger partial charge in [-0.2, -0.15) is 4.98 Å². The molecule has 0 spiro atoms. The van der Waals surface area contributed by atoms with E-state index in [1.54, 1.807) is 17.0 Å². The molecule has 4 rings (SSSR count). The molecule has 0 aliphatic carbocycles. The molecule has 0 amide bonds. The Kier molecular flexibility index (Phi) is 5.03. The number of nitrogen functional groups attached to an aromatic ring is 1. The lowest BCUT2D eigenvalue weighted by Gasteiger charge is -2.28. The molecule has 13 heteroatoms. The van der Waals surface area contributed by atoms with Crippen LogP contribution in [0.5, 0.6) is 0 Å². The zero-order valence-corrected chi connectivity index (χ0v) is 15.6. The summed E-state index contributed by atoms with van der Waals surface area (Å²) in [6.07, 6.45) is -4.72. The zero-order valence-electron chi connectivity index (χ0n) is 15.6. The summed E-state index contributed by atoms with van der Waals surface area (Å²) in [7, 11) is 0. The molecular formula is C17H20N6O7. The van der Waals surface area contributed by atoms with E-state index in [2.05, 4.69) is 9.97 Å². The number of anilines is 3. The molecule has 2 aliphatic rings. The first kappa shape index (κ1) is 20.0. The number of nitrogens with one attached hydrogen (secondary N) is 1. The highest BCUT2D eigenvalue weighted by molar-refractivity contribution is 5.73. The fraction of sp³-hybridized carbons (Fsp3) is 0.412. The van der Waals surface area contributed by atoms with Gasteiger partial charge in [-0.1, -0.05) is 12.1 Å². The predicted molar refractivity (Wildman–Crippen MR) is 104 cm³/mol. The number of ether oxygens (including phenoxy) is 1. The molecule has 1 aromatic carbocycles. The summed E-state index contributed by atoms with van der Waals surface area (Å²) in [4.78, 5) is 32.6. The minimum absolute atomic E-state index is 0.0546. The number of aliphatic hydroxyl groups is 3. The van der Waals surface area contributed by atoms with Crippen molar-refractivity contribution >= 4 is 23.1 Å². The van der Waals surface area contributed by atoms with Crippen molar-refractivity contribution in [3.05, 3.63) is 50.3 Å². The van der Waals surface area contributed by atoms with E-state index in [9.17, 15) is 30.2 Å². The summed E-state index contributed by atoms with van der Waals surface area (Å²) in [6.45, 7) is -0.212. The molecule has 0 radical (unpaired) electrons. The van der Waals surface area contributed by atoms with Gasteiger partial charge in [0.2, 0.25) is 5.95 Å². The lowest BCUT2D eigenvalue weighted by Crippen LogP contribution is -2.46. The standard InChI is InChI=1S/C17H20N6O7/c18-17-19-14-11(15(27)20-17)21(5-8-1-3-9(4-2-8)23(28)29)7-22(14)16-13(26)12(25)10(6-24)30-16/h1-4,10,12-13,16,24-26H,5-7H2,(H3,18,19,20,27)/t10-,12-,13-,16-/m1/s1. The van der Waals surface area contributed by atoms with Gasteiger partial charge in [0.1, 0.15) is 24.0 Å². The summed E-state index contributed by atoms with van der Waals surface area (Å²) in [5.74, 6) is 0.0284. The quantitative estimate of drug-likeness (QED) is 0.279. The number of fused-ring (bicyclic) bond motifs is 1. The minimum atomic E-state index is -1.35. The monoisotopic (exact) mass is 420 g/mol. The number of hydrogen-bond donors (Lipinski definition) is 5. The molecule has 6 N–H and O–H groups in total. The van der Waals surface area contributed by atoms with Gasteiger partial charge in [-0.25, -0.2) is 0 Å². The van der Waals surface area contributed by atoms with Crippen LogP contribution in [-0.4, -0.2) is 68.0 Å². The van der Waals surface area contributed by atoms with E-state index < -0.39 is 41.6 Å². The van der Waals surface area contributed by atoms with Crippen LogP contribution in [0.3, 0.4) is 0 Å². The van der Waals surface area contributed by atoms with Crippen LogP contribution >= 0.6 is 0 Å². The van der Waals surface area contributed by atoms with Crippen molar-refractivity contribution in [1.82, 2.24) is 9.97 Å². The number of hydrogen-bond acceptors (Lipinski definition) is 11. The van der Waals surface area contributed by atoms with Crippen molar-refractivity contribution in [3.8, 4) is 0 Å². The van der Waals surface area contributed by atoms with Gasteiger partial charge < -0.3 is 35.6 Å². The molecular weight excluding hydrogens is 400 g/mol. The van der Waals surface area contributed by atoms with Crippen LogP contribution in [0.25, 0.3) is 0 Å². The van der Waals surface area contributed by atoms with E-state index in [1.165, 1.54) is 17.0 Å². The zero-order chi connectivity index (χ0) is 21.6. The summed E-state index contributed by atoms with van der Waals surface area (Å²) in [5, 5.41) is 40.6. The van der Waals surface area contributed by atoms with Gasteiger partial charge in [0.15, 0.2) is 12.0 Å². The lowest BCUT2D eigenvalue weighted by molar-refractivity contribution is -0.384. The first-order valence-corrected chi connectivity index (χ1v) is 9.07. The average Bonchev–Trinajstić information content (AvgIpc) is 3.20. The van der Waals surface area contributed by atoms with Crippen molar-refractivity contribution in [2.24, 2.45) is 0 Å². The number of aromatic nitrogens is 2. The molecule has 1 aromatic heterocycles. The normalized spacial score (nSPS) is 25.6. The van der Waals surface area contributed by atoms with E-state index in [1.807, 2.05) is 0 Å². The Labute approximate surface area is 169 Å². The third-order valence-corrected chi connectivity index (χ3v) is 5.15. The van der Waals surface area contributed by atoms with Crippen LogP contribution in [0.2, 0.25) is 0 Å². The summed E-state index contributed by atoms with van der Waals surface area (Å²) < 4.78 is 5.58. The van der Waals surface area contributed by atoms with Gasteiger partial charge in [0, 0.05) is 18.7 Å². The minimum Gasteiger partial charge on any atom is -0.394 e. The summed E-state index contributed by atoms with van der Waals surface area (Å²) in [5.41, 5.74) is 6.00. The number of aromatic amines is 1. The van der Waals surface area contributed by atoms with Gasteiger partial charge >= 0.3 is 0 Å². The second-order valence-electron chi connectivity index (χ2n) is 7.08. The van der Waals surface area contributed by atoms with Crippen molar-refractivity contribution in [1.29, 1.82) is 0 Å². The van der Waals surface area contributed by atoms with E-state index >= 15 is 0 Å². The maximum absolute atomic E-state index is 12.6. The van der Waals surface area contributed by atoms with Crippen LogP contribution in [0.15, 0.2) is 29.1 Å². The van der Waals surface area contributed by atoms with Crippen LogP contribution < -0.4 is 21.1 Å². The molecule has 1 fully saturated rings. The summed E-state index contributed by atoms with van der Waals surface area (Å²) >= 11 is 0. The van der Waals surface area contributed by atoms with Crippen LogP contribution in [0, 0.1) is 10.1 Å². The number of benzene rings is 1. The Morgan fingerprint density at radius 1 is 1.30 bits per heavy atom. The van der Waals surface area contributed by atoms with Gasteiger partial charge in [-0.05, 0) is 5.56 Å². The van der Waals surface area contributed by atoms with Gasteiger partial charge in [0.25, 0.3) is 11.2 Å². The number of non-ortho nitro benzene ring substituents is 1. The highest BCUT2D eigenvalue weighted by Gasteiger charge is 2.48. The first-order valence-electron chi connectivity index (χ1n) is 9.07. The highest BCUT2D eigenvalue weighted by Crippen LogP contribution is 2.37. The molecule has 13 nitrogen and oxygen atoms in total. The molecule has 4 atom stereocenters. The Bertz CT molecular complexity index is 1010. The number of rotatable bonds is 5. The van der Waals surface area contributed by atoms with Gasteiger partial charge in [-0.3, -0.25) is 19.9 Å². The SMILES string of the molecule is Nc1nc2c(c(=O)[nH]1)N(Cc1ccc([N+](=O)[O-])cc1)CN2[C@@H]1O[C@H](CO)[C@@H](O)[C@H]1O. The summed E-state index contributed by atoms with van der Waals surface area (Å²) in [6, 6.07) is 5.88. The van der Waals surface area contributed by atoms with E-state index in [0.29, 0.717) is 5.56 Å². The molecule has 1 saturated heterocycles. The maximum Gasteiger partial charge on any atom is 0.278 e. The second-order valence-corrected chi connectivity index (χ2v) is 7.08. The molecule has 30 heavy (non-hydrogen) atoms. The van der Waals surface area contributed by atoms with Crippen molar-refractivity contribution in [2.75, 3.05) is 28.8 Å². The lowest BCUT2D eigenvalue weighted by atomic mass is 10.1. The Morgan fingerprint density at radius 2 is 2.00 bits per heavy atom. The molecule has 2 aliphatic heterocycles. The molecule has 0 unspecified atom stereocenters. The fourth-order valence-electron chi connectivity index (χ4n) is 3.69. The van der Waals surface area contributed by atoms with Crippen molar-refractivity contribution < 1.29 is 25.0 Å². The maximum atomic E-state index is 12.6. The molecule has 3 heterocycles. The average molecular weight is 420 g/mol. The number of H-pyrrole nitrogens is 1.